The molecule has 21 heavy (non-hydrogen) atoms. The Morgan fingerprint density at radius 3 is 2.62 bits per heavy atom. The van der Waals surface area contributed by atoms with Gasteiger partial charge in [0.15, 0.2) is 0 Å². The lowest BCUT2D eigenvalue weighted by Crippen LogP contribution is -2.05. The Bertz CT molecular complexity index is 678. The summed E-state index contributed by atoms with van der Waals surface area (Å²) >= 11 is 0. The predicted molar refractivity (Wildman–Crippen MR) is 84.3 cm³/mol. The Kier molecular flexibility index (Phi) is 5.00. The molecule has 2 aromatic carbocycles. The Hall–Kier alpha value is -2.73. The van der Waals surface area contributed by atoms with Crippen molar-refractivity contribution in [2.45, 2.75) is 13.8 Å². The van der Waals surface area contributed by atoms with E-state index >= 15 is 0 Å². The molecule has 2 aromatic rings. The highest BCUT2D eigenvalue weighted by atomic mass is 16.5. The summed E-state index contributed by atoms with van der Waals surface area (Å²) in [6.07, 6.45) is 0. The lowest BCUT2D eigenvalue weighted by atomic mass is 10.2. The van der Waals surface area contributed by atoms with Crippen molar-refractivity contribution in [2.24, 2.45) is 0 Å². The maximum Gasteiger partial charge on any atom is 0.221 e. The van der Waals surface area contributed by atoms with Gasteiger partial charge in [0, 0.05) is 18.2 Å². The molecule has 0 aliphatic heterocycles. The van der Waals surface area contributed by atoms with E-state index in [9.17, 15) is 4.79 Å². The molecule has 0 radical (unpaired) electrons. The van der Waals surface area contributed by atoms with E-state index in [-0.39, 0.29) is 5.91 Å². The monoisotopic (exact) mass is 279 g/mol. The van der Waals surface area contributed by atoms with Crippen LogP contribution in [0.2, 0.25) is 0 Å². The molecular weight excluding hydrogens is 262 g/mol. The molecule has 106 valence electrons. The van der Waals surface area contributed by atoms with Crippen LogP contribution >= 0.6 is 0 Å². The number of benzene rings is 2. The minimum atomic E-state index is -0.0830. The highest BCUT2D eigenvalue weighted by molar-refractivity contribution is 5.88. The van der Waals surface area contributed by atoms with Gasteiger partial charge in [0.1, 0.15) is 12.4 Å². The van der Waals surface area contributed by atoms with Crippen molar-refractivity contribution < 1.29 is 9.53 Å². The van der Waals surface area contributed by atoms with E-state index in [1.165, 1.54) is 6.92 Å². The maximum absolute atomic E-state index is 10.9. The van der Waals surface area contributed by atoms with Crippen LogP contribution in [0.25, 0.3) is 0 Å². The summed E-state index contributed by atoms with van der Waals surface area (Å²) in [6, 6.07) is 15.3. The van der Waals surface area contributed by atoms with Crippen LogP contribution in [0.5, 0.6) is 5.75 Å². The van der Waals surface area contributed by atoms with Crippen molar-refractivity contribution in [3.05, 3.63) is 59.7 Å². The van der Waals surface area contributed by atoms with Crippen LogP contribution in [0, 0.1) is 18.8 Å². The molecule has 0 atom stereocenters. The highest BCUT2D eigenvalue weighted by Crippen LogP contribution is 2.12. The summed E-state index contributed by atoms with van der Waals surface area (Å²) in [6.45, 7) is 3.85. The second-order valence-corrected chi connectivity index (χ2v) is 4.67. The van der Waals surface area contributed by atoms with Crippen LogP contribution in [0.4, 0.5) is 5.69 Å². The van der Waals surface area contributed by atoms with Crippen LogP contribution < -0.4 is 10.1 Å². The van der Waals surface area contributed by atoms with Gasteiger partial charge in [-0.3, -0.25) is 4.79 Å². The fourth-order valence-electron chi connectivity index (χ4n) is 1.80. The van der Waals surface area contributed by atoms with Gasteiger partial charge in [-0.15, -0.1) is 0 Å². The number of hydrogen-bond donors (Lipinski definition) is 1. The molecule has 0 unspecified atom stereocenters. The number of aryl methyl sites for hydroxylation is 1. The average molecular weight is 279 g/mol. The van der Waals surface area contributed by atoms with Gasteiger partial charge in [-0.2, -0.15) is 0 Å². The largest absolute Gasteiger partial charge is 0.481 e. The normalized spacial score (nSPS) is 9.43. The van der Waals surface area contributed by atoms with Crippen LogP contribution in [0.1, 0.15) is 18.1 Å². The molecule has 0 aromatic heterocycles. The third-order valence-corrected chi connectivity index (χ3v) is 2.74. The van der Waals surface area contributed by atoms with E-state index in [1.54, 1.807) is 0 Å². The number of carbonyl (C=O) groups excluding carboxylic acids is 1. The molecule has 1 amide bonds. The molecule has 0 aliphatic carbocycles. The molecule has 0 saturated heterocycles. The van der Waals surface area contributed by atoms with E-state index in [1.807, 2.05) is 55.5 Å². The van der Waals surface area contributed by atoms with Gasteiger partial charge in [-0.05, 0) is 48.9 Å². The lowest BCUT2D eigenvalue weighted by molar-refractivity contribution is -0.114. The molecule has 0 saturated carbocycles. The molecule has 0 fully saturated rings. The second kappa shape index (κ2) is 7.16. The van der Waals surface area contributed by atoms with Gasteiger partial charge in [0.25, 0.3) is 0 Å². The molecule has 0 bridgehead atoms. The molecule has 3 nitrogen and oxygen atoms in total. The van der Waals surface area contributed by atoms with Crippen molar-refractivity contribution in [3.8, 4) is 17.6 Å². The minimum Gasteiger partial charge on any atom is -0.481 e. The van der Waals surface area contributed by atoms with Crippen molar-refractivity contribution in [1.82, 2.24) is 0 Å². The molecule has 2 rings (SSSR count). The molecular formula is C18H17NO2. The summed E-state index contributed by atoms with van der Waals surface area (Å²) in [4.78, 5) is 10.9. The molecule has 1 N–H and O–H groups in total. The molecule has 0 heterocycles. The predicted octanol–water partition coefficient (Wildman–Crippen LogP) is 3.38. The van der Waals surface area contributed by atoms with Crippen LogP contribution in [-0.2, 0) is 4.79 Å². The van der Waals surface area contributed by atoms with Gasteiger partial charge < -0.3 is 10.1 Å². The first kappa shape index (κ1) is 14.7. The highest BCUT2D eigenvalue weighted by Gasteiger charge is 1.94. The quantitative estimate of drug-likeness (QED) is 0.875. The third-order valence-electron chi connectivity index (χ3n) is 2.74. The Balaban J connectivity index is 1.89. The summed E-state index contributed by atoms with van der Waals surface area (Å²) in [5.41, 5.74) is 2.81. The fraction of sp³-hybridized carbons (Fsp3) is 0.167. The number of nitrogens with one attached hydrogen (secondary N) is 1. The average Bonchev–Trinajstić information content (AvgIpc) is 2.45. The number of ether oxygens (including phenoxy) is 1. The summed E-state index contributed by atoms with van der Waals surface area (Å²) in [5.74, 6) is 6.73. The minimum absolute atomic E-state index is 0.0830. The Morgan fingerprint density at radius 2 is 1.95 bits per heavy atom. The van der Waals surface area contributed by atoms with E-state index in [0.29, 0.717) is 6.61 Å². The zero-order valence-electron chi connectivity index (χ0n) is 12.1. The third kappa shape index (κ3) is 5.04. The SMILES string of the molecule is CC(=O)Nc1ccc(C#CCOc2cccc(C)c2)cc1. The van der Waals surface area contributed by atoms with E-state index < -0.39 is 0 Å². The van der Waals surface area contributed by atoms with Crippen LogP contribution in [0.15, 0.2) is 48.5 Å². The second-order valence-electron chi connectivity index (χ2n) is 4.67. The standard InChI is InChI=1S/C18H17NO2/c1-14-5-3-7-18(13-14)21-12-4-6-16-8-10-17(11-9-16)19-15(2)20/h3,5,7-11,13H,12H2,1-2H3,(H,19,20). The summed E-state index contributed by atoms with van der Waals surface area (Å²) < 4.78 is 5.55. The van der Waals surface area contributed by atoms with Gasteiger partial charge in [0.05, 0.1) is 0 Å². The van der Waals surface area contributed by atoms with E-state index in [4.69, 9.17) is 4.74 Å². The molecule has 0 aliphatic rings. The van der Waals surface area contributed by atoms with Crippen molar-refractivity contribution in [1.29, 1.82) is 0 Å². The smallest absolute Gasteiger partial charge is 0.221 e. The van der Waals surface area contributed by atoms with Gasteiger partial charge >= 0.3 is 0 Å². The van der Waals surface area contributed by atoms with Crippen LogP contribution in [-0.4, -0.2) is 12.5 Å². The summed E-state index contributed by atoms with van der Waals surface area (Å²) in [5, 5.41) is 2.71. The van der Waals surface area contributed by atoms with Gasteiger partial charge in [-0.1, -0.05) is 24.0 Å². The van der Waals surface area contributed by atoms with Crippen LogP contribution in [0.3, 0.4) is 0 Å². The zero-order chi connectivity index (χ0) is 15.1. The number of rotatable bonds is 3. The Labute approximate surface area is 125 Å². The van der Waals surface area contributed by atoms with Crippen molar-refractivity contribution in [3.63, 3.8) is 0 Å². The molecule has 0 spiro atoms. The first-order valence-electron chi connectivity index (χ1n) is 6.69. The van der Waals surface area contributed by atoms with Crippen molar-refractivity contribution >= 4 is 11.6 Å². The first-order chi connectivity index (χ1) is 10.1. The maximum atomic E-state index is 10.9. The van der Waals surface area contributed by atoms with E-state index in [0.717, 1.165) is 22.6 Å². The molecule has 3 heteroatoms. The number of anilines is 1. The summed E-state index contributed by atoms with van der Waals surface area (Å²) in [7, 11) is 0. The van der Waals surface area contributed by atoms with Gasteiger partial charge in [-0.25, -0.2) is 0 Å². The first-order valence-corrected chi connectivity index (χ1v) is 6.69. The van der Waals surface area contributed by atoms with E-state index in [2.05, 4.69) is 17.2 Å². The zero-order valence-corrected chi connectivity index (χ0v) is 12.1. The van der Waals surface area contributed by atoms with Crippen molar-refractivity contribution in [2.75, 3.05) is 11.9 Å². The number of hydrogen-bond acceptors (Lipinski definition) is 2. The van der Waals surface area contributed by atoms with Gasteiger partial charge in [0.2, 0.25) is 5.91 Å². The number of carbonyl (C=O) groups is 1. The fourth-order valence-corrected chi connectivity index (χ4v) is 1.80. The topological polar surface area (TPSA) is 38.3 Å². The lowest BCUT2D eigenvalue weighted by Gasteiger charge is -2.02. The Morgan fingerprint density at radius 1 is 1.19 bits per heavy atom. The number of amides is 1.